The maximum absolute atomic E-state index is 13.6. The highest BCUT2D eigenvalue weighted by Crippen LogP contribution is 2.18. The van der Waals surface area contributed by atoms with Crippen molar-refractivity contribution >= 4 is 5.69 Å². The van der Waals surface area contributed by atoms with Crippen LogP contribution in [0.4, 0.5) is 10.1 Å². The Balaban J connectivity index is 2.06. The molecule has 3 nitrogen and oxygen atoms in total. The first kappa shape index (κ1) is 10.9. The molecule has 0 bridgehead atoms. The lowest BCUT2D eigenvalue weighted by Gasteiger charge is -2.24. The van der Waals surface area contributed by atoms with E-state index < -0.39 is 0 Å². The normalized spacial score (nSPS) is 16.8. The molecule has 1 aromatic rings. The zero-order chi connectivity index (χ0) is 11.4. The van der Waals surface area contributed by atoms with Crippen LogP contribution in [-0.2, 0) is 0 Å². The highest BCUT2D eigenvalue weighted by atomic mass is 19.1. The van der Waals surface area contributed by atoms with E-state index in [1.165, 1.54) is 6.07 Å². The van der Waals surface area contributed by atoms with Gasteiger partial charge in [-0.25, -0.2) is 4.39 Å². The summed E-state index contributed by atoms with van der Waals surface area (Å²) in [6, 6.07) is 6.78. The van der Waals surface area contributed by atoms with E-state index in [1.54, 1.807) is 12.1 Å². The van der Waals surface area contributed by atoms with Crippen molar-refractivity contribution in [1.29, 1.82) is 5.26 Å². The first-order valence-electron chi connectivity index (χ1n) is 5.46. The maximum atomic E-state index is 13.6. The number of hydrogen-bond donors (Lipinski definition) is 2. The monoisotopic (exact) mass is 219 g/mol. The van der Waals surface area contributed by atoms with Crippen LogP contribution in [0.3, 0.4) is 0 Å². The fourth-order valence-electron chi connectivity index (χ4n) is 1.89. The summed E-state index contributed by atoms with van der Waals surface area (Å²) in [6.45, 7) is 1.94. The molecule has 1 aliphatic heterocycles. The van der Waals surface area contributed by atoms with Gasteiger partial charge in [0.15, 0.2) is 0 Å². The third-order valence-electron chi connectivity index (χ3n) is 2.80. The molecule has 1 aliphatic rings. The molecule has 16 heavy (non-hydrogen) atoms. The smallest absolute Gasteiger partial charge is 0.147 e. The Bertz CT molecular complexity index is 405. The van der Waals surface area contributed by atoms with Crippen molar-refractivity contribution < 1.29 is 4.39 Å². The molecular formula is C12H14FN3. The van der Waals surface area contributed by atoms with Crippen LogP contribution in [0.1, 0.15) is 18.4 Å². The SMILES string of the molecule is N#Cc1ccc(NC2CCNCC2)c(F)c1. The van der Waals surface area contributed by atoms with Crippen LogP contribution >= 0.6 is 0 Å². The Labute approximate surface area is 94.3 Å². The van der Waals surface area contributed by atoms with Crippen LogP contribution in [0.25, 0.3) is 0 Å². The van der Waals surface area contributed by atoms with E-state index >= 15 is 0 Å². The zero-order valence-corrected chi connectivity index (χ0v) is 8.96. The van der Waals surface area contributed by atoms with Gasteiger partial charge in [-0.3, -0.25) is 0 Å². The van der Waals surface area contributed by atoms with Crippen molar-refractivity contribution in [3.8, 4) is 6.07 Å². The van der Waals surface area contributed by atoms with Gasteiger partial charge in [0.2, 0.25) is 0 Å². The van der Waals surface area contributed by atoms with Gasteiger partial charge in [-0.2, -0.15) is 5.26 Å². The van der Waals surface area contributed by atoms with Gasteiger partial charge >= 0.3 is 0 Å². The number of rotatable bonds is 2. The van der Waals surface area contributed by atoms with E-state index in [9.17, 15) is 4.39 Å². The van der Waals surface area contributed by atoms with Gasteiger partial charge < -0.3 is 10.6 Å². The summed E-state index contributed by atoms with van der Waals surface area (Å²) in [5, 5.41) is 15.1. The van der Waals surface area contributed by atoms with Crippen molar-refractivity contribution in [3.05, 3.63) is 29.6 Å². The minimum atomic E-state index is -0.349. The van der Waals surface area contributed by atoms with E-state index in [0.717, 1.165) is 25.9 Å². The van der Waals surface area contributed by atoms with Gasteiger partial charge in [0, 0.05) is 6.04 Å². The molecule has 0 aliphatic carbocycles. The van der Waals surface area contributed by atoms with Crippen LogP contribution in [0.5, 0.6) is 0 Å². The molecule has 0 amide bonds. The van der Waals surface area contributed by atoms with E-state index in [-0.39, 0.29) is 5.82 Å². The van der Waals surface area contributed by atoms with Crippen LogP contribution in [-0.4, -0.2) is 19.1 Å². The topological polar surface area (TPSA) is 47.9 Å². The molecule has 1 fully saturated rings. The Hall–Kier alpha value is -1.60. The molecule has 0 saturated carbocycles. The number of halogens is 1. The number of benzene rings is 1. The zero-order valence-electron chi connectivity index (χ0n) is 8.96. The lowest BCUT2D eigenvalue weighted by molar-refractivity contribution is 0.477. The minimum absolute atomic E-state index is 0.323. The molecule has 1 aromatic carbocycles. The average Bonchev–Trinajstić information content (AvgIpc) is 2.33. The highest BCUT2D eigenvalue weighted by Gasteiger charge is 2.14. The summed E-state index contributed by atoms with van der Waals surface area (Å²) in [6.07, 6.45) is 2.00. The van der Waals surface area contributed by atoms with Gasteiger partial charge in [-0.05, 0) is 44.1 Å². The molecule has 0 unspecified atom stereocenters. The van der Waals surface area contributed by atoms with Gasteiger partial charge in [-0.15, -0.1) is 0 Å². The molecular weight excluding hydrogens is 205 g/mol. The second-order valence-electron chi connectivity index (χ2n) is 3.98. The summed E-state index contributed by atoms with van der Waals surface area (Å²) >= 11 is 0. The lowest BCUT2D eigenvalue weighted by atomic mass is 10.1. The second-order valence-corrected chi connectivity index (χ2v) is 3.98. The first-order valence-corrected chi connectivity index (χ1v) is 5.46. The number of anilines is 1. The average molecular weight is 219 g/mol. The number of nitriles is 1. The van der Waals surface area contributed by atoms with E-state index in [2.05, 4.69) is 10.6 Å². The number of nitrogens with one attached hydrogen (secondary N) is 2. The molecule has 0 aromatic heterocycles. The Morgan fingerprint density at radius 2 is 2.12 bits per heavy atom. The molecule has 1 heterocycles. The predicted octanol–water partition coefficient (Wildman–Crippen LogP) is 1.86. The minimum Gasteiger partial charge on any atom is -0.380 e. The van der Waals surface area contributed by atoms with Gasteiger partial charge in [0.1, 0.15) is 5.82 Å². The first-order chi connectivity index (χ1) is 7.79. The number of piperidine rings is 1. The fourth-order valence-corrected chi connectivity index (χ4v) is 1.89. The highest BCUT2D eigenvalue weighted by molar-refractivity contribution is 5.49. The van der Waals surface area contributed by atoms with E-state index in [4.69, 9.17) is 5.26 Å². The standard InChI is InChI=1S/C12H14FN3/c13-11-7-9(8-14)1-2-12(11)16-10-3-5-15-6-4-10/h1-2,7,10,15-16H,3-6H2. The third kappa shape index (κ3) is 2.50. The summed E-state index contributed by atoms with van der Waals surface area (Å²) in [7, 11) is 0. The van der Waals surface area contributed by atoms with Crippen LogP contribution in [0.15, 0.2) is 18.2 Å². The summed E-state index contributed by atoms with van der Waals surface area (Å²) in [5.41, 5.74) is 0.847. The van der Waals surface area contributed by atoms with Crippen molar-refractivity contribution in [2.45, 2.75) is 18.9 Å². The third-order valence-corrected chi connectivity index (χ3v) is 2.80. The molecule has 84 valence electrons. The number of nitrogens with zero attached hydrogens (tertiary/aromatic N) is 1. The Morgan fingerprint density at radius 1 is 1.38 bits per heavy atom. The van der Waals surface area contributed by atoms with E-state index in [1.807, 2.05) is 6.07 Å². The second kappa shape index (κ2) is 4.95. The largest absolute Gasteiger partial charge is 0.380 e. The van der Waals surface area contributed by atoms with Crippen LogP contribution < -0.4 is 10.6 Å². The van der Waals surface area contributed by atoms with Crippen molar-refractivity contribution in [1.82, 2.24) is 5.32 Å². The van der Waals surface area contributed by atoms with Crippen LogP contribution in [0.2, 0.25) is 0 Å². The quantitative estimate of drug-likeness (QED) is 0.798. The Morgan fingerprint density at radius 3 is 2.75 bits per heavy atom. The molecule has 0 radical (unpaired) electrons. The summed E-state index contributed by atoms with van der Waals surface area (Å²) < 4.78 is 13.6. The Kier molecular flexibility index (Phi) is 3.37. The van der Waals surface area contributed by atoms with Crippen molar-refractivity contribution in [2.75, 3.05) is 18.4 Å². The van der Waals surface area contributed by atoms with Gasteiger partial charge in [0.05, 0.1) is 17.3 Å². The lowest BCUT2D eigenvalue weighted by Crippen LogP contribution is -2.35. The molecule has 2 rings (SSSR count). The van der Waals surface area contributed by atoms with Crippen molar-refractivity contribution in [3.63, 3.8) is 0 Å². The maximum Gasteiger partial charge on any atom is 0.147 e. The molecule has 1 saturated heterocycles. The van der Waals surface area contributed by atoms with Crippen LogP contribution in [0, 0.1) is 17.1 Å². The van der Waals surface area contributed by atoms with Crippen molar-refractivity contribution in [2.24, 2.45) is 0 Å². The summed E-state index contributed by atoms with van der Waals surface area (Å²) in [4.78, 5) is 0. The summed E-state index contributed by atoms with van der Waals surface area (Å²) in [5.74, 6) is -0.349. The van der Waals surface area contributed by atoms with E-state index in [0.29, 0.717) is 17.3 Å². The molecule has 0 atom stereocenters. The fraction of sp³-hybridized carbons (Fsp3) is 0.417. The number of hydrogen-bond acceptors (Lipinski definition) is 3. The van der Waals surface area contributed by atoms with Gasteiger partial charge in [0.25, 0.3) is 0 Å². The molecule has 0 spiro atoms. The molecule has 2 N–H and O–H groups in total. The predicted molar refractivity (Wildman–Crippen MR) is 60.6 cm³/mol. The van der Waals surface area contributed by atoms with Gasteiger partial charge in [-0.1, -0.05) is 0 Å². The molecule has 4 heteroatoms.